The molecule has 0 radical (unpaired) electrons. The van der Waals surface area contributed by atoms with Crippen molar-refractivity contribution < 1.29 is 22.7 Å². The van der Waals surface area contributed by atoms with Gasteiger partial charge in [0, 0.05) is 24.4 Å². The first-order chi connectivity index (χ1) is 13.1. The number of aromatic nitrogens is 5. The number of nitrogens with one attached hydrogen (secondary N) is 2. The minimum atomic E-state index is -4.45. The standard InChI is InChI=1S/C17H17F3N6O2/c1-9-15(10(2)26(3)25-9)12-6-13(24-23-12)16(27)22-11-4-5-14(21-7-11)28-8-17(18,19)20/h4-7H,8H2,1-3H3,(H,22,27)(H,23,24). The molecule has 0 aliphatic rings. The highest BCUT2D eigenvalue weighted by Gasteiger charge is 2.28. The van der Waals surface area contributed by atoms with Crippen LogP contribution < -0.4 is 10.1 Å². The number of carbonyl (C=O) groups is 1. The van der Waals surface area contributed by atoms with E-state index in [-0.39, 0.29) is 11.6 Å². The highest BCUT2D eigenvalue weighted by atomic mass is 19.4. The number of hydrogen-bond donors (Lipinski definition) is 2. The lowest BCUT2D eigenvalue weighted by molar-refractivity contribution is -0.154. The quantitative estimate of drug-likeness (QED) is 0.693. The summed E-state index contributed by atoms with van der Waals surface area (Å²) in [6.45, 7) is 2.32. The van der Waals surface area contributed by atoms with Gasteiger partial charge in [-0.25, -0.2) is 4.98 Å². The van der Waals surface area contributed by atoms with E-state index in [0.29, 0.717) is 11.4 Å². The number of aryl methyl sites for hydroxylation is 2. The van der Waals surface area contributed by atoms with Crippen molar-refractivity contribution in [3.63, 3.8) is 0 Å². The Morgan fingerprint density at radius 2 is 2.07 bits per heavy atom. The minimum Gasteiger partial charge on any atom is -0.468 e. The van der Waals surface area contributed by atoms with Gasteiger partial charge in [0.25, 0.3) is 5.91 Å². The predicted molar refractivity (Wildman–Crippen MR) is 94.0 cm³/mol. The third kappa shape index (κ3) is 4.30. The average Bonchev–Trinajstić information content (AvgIpc) is 3.19. The second-order valence-electron chi connectivity index (χ2n) is 6.08. The van der Waals surface area contributed by atoms with Crippen molar-refractivity contribution in [1.29, 1.82) is 0 Å². The molecule has 3 aromatic heterocycles. The summed E-state index contributed by atoms with van der Waals surface area (Å²) < 4.78 is 42.6. The Kier molecular flexibility index (Phi) is 5.08. The minimum absolute atomic E-state index is 0.193. The van der Waals surface area contributed by atoms with Gasteiger partial charge in [0.05, 0.1) is 23.3 Å². The van der Waals surface area contributed by atoms with Crippen LogP contribution in [0.15, 0.2) is 24.4 Å². The van der Waals surface area contributed by atoms with E-state index >= 15 is 0 Å². The first-order valence-corrected chi connectivity index (χ1v) is 8.17. The van der Waals surface area contributed by atoms with Crippen molar-refractivity contribution in [2.24, 2.45) is 7.05 Å². The van der Waals surface area contributed by atoms with Gasteiger partial charge in [-0.1, -0.05) is 0 Å². The Morgan fingerprint density at radius 1 is 1.32 bits per heavy atom. The molecule has 3 rings (SSSR count). The van der Waals surface area contributed by atoms with E-state index in [1.165, 1.54) is 18.3 Å². The second-order valence-corrected chi connectivity index (χ2v) is 6.08. The molecule has 0 unspecified atom stereocenters. The molecule has 0 spiro atoms. The molecule has 0 aromatic carbocycles. The number of pyridine rings is 1. The van der Waals surface area contributed by atoms with Crippen LogP contribution in [0.25, 0.3) is 11.3 Å². The average molecular weight is 394 g/mol. The Bertz CT molecular complexity index is 991. The van der Waals surface area contributed by atoms with Crippen LogP contribution in [0.3, 0.4) is 0 Å². The Labute approximate surface area is 157 Å². The van der Waals surface area contributed by atoms with Crippen molar-refractivity contribution in [3.05, 3.63) is 41.5 Å². The Balaban J connectivity index is 1.68. The Morgan fingerprint density at radius 3 is 2.64 bits per heavy atom. The molecule has 11 heteroatoms. The second kappa shape index (κ2) is 7.33. The van der Waals surface area contributed by atoms with Crippen LogP contribution in [0, 0.1) is 13.8 Å². The Hall–Kier alpha value is -3.37. The molecule has 0 atom stereocenters. The number of anilines is 1. The molecule has 0 saturated heterocycles. The highest BCUT2D eigenvalue weighted by molar-refractivity contribution is 6.03. The molecule has 2 N–H and O–H groups in total. The molecule has 148 valence electrons. The van der Waals surface area contributed by atoms with Crippen molar-refractivity contribution in [3.8, 4) is 17.1 Å². The molecule has 0 saturated carbocycles. The molecule has 8 nitrogen and oxygen atoms in total. The summed E-state index contributed by atoms with van der Waals surface area (Å²) in [5.74, 6) is -0.662. The van der Waals surface area contributed by atoms with E-state index in [2.05, 4.69) is 30.3 Å². The number of amides is 1. The largest absolute Gasteiger partial charge is 0.468 e. The number of halogens is 3. The van der Waals surface area contributed by atoms with E-state index in [1.807, 2.05) is 20.9 Å². The van der Waals surface area contributed by atoms with Crippen LogP contribution in [0.1, 0.15) is 21.9 Å². The van der Waals surface area contributed by atoms with Gasteiger partial charge in [0.2, 0.25) is 5.88 Å². The van der Waals surface area contributed by atoms with Gasteiger partial charge < -0.3 is 10.1 Å². The lowest BCUT2D eigenvalue weighted by Gasteiger charge is -2.08. The number of carbonyl (C=O) groups excluding carboxylic acids is 1. The molecular formula is C17H17F3N6O2. The zero-order chi connectivity index (χ0) is 20.5. The van der Waals surface area contributed by atoms with Gasteiger partial charge in [-0.3, -0.25) is 14.6 Å². The molecule has 28 heavy (non-hydrogen) atoms. The molecule has 0 aliphatic heterocycles. The smallest absolute Gasteiger partial charge is 0.422 e. The van der Waals surface area contributed by atoms with Gasteiger partial charge in [-0.2, -0.15) is 23.4 Å². The van der Waals surface area contributed by atoms with E-state index in [0.717, 1.165) is 17.0 Å². The van der Waals surface area contributed by atoms with Crippen molar-refractivity contribution in [1.82, 2.24) is 25.0 Å². The molecule has 0 aliphatic carbocycles. The summed E-state index contributed by atoms with van der Waals surface area (Å²) in [6.07, 6.45) is -3.24. The topological polar surface area (TPSA) is 97.7 Å². The zero-order valence-electron chi connectivity index (χ0n) is 15.3. The molecule has 3 heterocycles. The highest BCUT2D eigenvalue weighted by Crippen LogP contribution is 2.25. The van der Waals surface area contributed by atoms with Crippen LogP contribution in [-0.4, -0.2) is 43.7 Å². The van der Waals surface area contributed by atoms with Crippen molar-refractivity contribution in [2.75, 3.05) is 11.9 Å². The maximum atomic E-state index is 12.4. The number of ether oxygens (including phenoxy) is 1. The fourth-order valence-corrected chi connectivity index (χ4v) is 2.60. The third-order valence-electron chi connectivity index (χ3n) is 3.97. The normalized spacial score (nSPS) is 11.5. The van der Waals surface area contributed by atoms with Crippen molar-refractivity contribution >= 4 is 11.6 Å². The number of alkyl halides is 3. The predicted octanol–water partition coefficient (Wildman–Crippen LogP) is 3.02. The lowest BCUT2D eigenvalue weighted by atomic mass is 10.1. The zero-order valence-corrected chi connectivity index (χ0v) is 15.3. The first kappa shape index (κ1) is 19.4. The van der Waals surface area contributed by atoms with Crippen LogP contribution in [-0.2, 0) is 7.05 Å². The number of aromatic amines is 1. The maximum Gasteiger partial charge on any atom is 0.422 e. The summed E-state index contributed by atoms with van der Waals surface area (Å²) in [7, 11) is 1.82. The van der Waals surface area contributed by atoms with Crippen LogP contribution in [0.5, 0.6) is 5.88 Å². The summed E-state index contributed by atoms with van der Waals surface area (Å²) in [6, 6.07) is 4.23. The first-order valence-electron chi connectivity index (χ1n) is 8.17. The van der Waals surface area contributed by atoms with E-state index < -0.39 is 18.7 Å². The van der Waals surface area contributed by atoms with Crippen LogP contribution in [0.4, 0.5) is 18.9 Å². The summed E-state index contributed by atoms with van der Waals surface area (Å²) in [5.41, 5.74) is 3.64. The number of nitrogens with zero attached hydrogens (tertiary/aromatic N) is 4. The van der Waals surface area contributed by atoms with Gasteiger partial charge >= 0.3 is 6.18 Å². The van der Waals surface area contributed by atoms with Gasteiger partial charge in [0.1, 0.15) is 5.69 Å². The third-order valence-corrected chi connectivity index (χ3v) is 3.97. The summed E-state index contributed by atoms with van der Waals surface area (Å²) >= 11 is 0. The van der Waals surface area contributed by atoms with Crippen LogP contribution >= 0.6 is 0 Å². The molecule has 1 amide bonds. The number of H-pyrrole nitrogens is 1. The summed E-state index contributed by atoms with van der Waals surface area (Å²) in [4.78, 5) is 16.1. The number of rotatable bonds is 5. The van der Waals surface area contributed by atoms with Crippen molar-refractivity contribution in [2.45, 2.75) is 20.0 Å². The van der Waals surface area contributed by atoms with Crippen LogP contribution in [0.2, 0.25) is 0 Å². The fraction of sp³-hybridized carbons (Fsp3) is 0.294. The van der Waals surface area contributed by atoms with E-state index in [1.54, 1.807) is 10.7 Å². The van der Waals surface area contributed by atoms with Gasteiger partial charge in [-0.05, 0) is 26.0 Å². The maximum absolute atomic E-state index is 12.4. The monoisotopic (exact) mass is 394 g/mol. The van der Waals surface area contributed by atoms with E-state index in [4.69, 9.17) is 0 Å². The molecule has 0 bridgehead atoms. The lowest BCUT2D eigenvalue weighted by Crippen LogP contribution is -2.19. The van der Waals surface area contributed by atoms with E-state index in [9.17, 15) is 18.0 Å². The molecule has 0 fully saturated rings. The fourth-order valence-electron chi connectivity index (χ4n) is 2.60. The molecular weight excluding hydrogens is 377 g/mol. The number of hydrogen-bond acceptors (Lipinski definition) is 5. The molecule has 3 aromatic rings. The summed E-state index contributed by atoms with van der Waals surface area (Å²) in [5, 5.41) is 13.7. The van der Waals surface area contributed by atoms with Gasteiger partial charge in [0.15, 0.2) is 6.61 Å². The SMILES string of the molecule is Cc1nn(C)c(C)c1-c1cc(C(=O)Nc2ccc(OCC(F)(F)F)nc2)[nH]n1. The van der Waals surface area contributed by atoms with Gasteiger partial charge in [-0.15, -0.1) is 0 Å².